The van der Waals surface area contributed by atoms with Crippen LogP contribution in [0.15, 0.2) is 0 Å². The van der Waals surface area contributed by atoms with Crippen molar-refractivity contribution in [1.29, 1.82) is 0 Å². The highest BCUT2D eigenvalue weighted by Gasteiger charge is 2.18. The van der Waals surface area contributed by atoms with Crippen molar-refractivity contribution in [2.24, 2.45) is 5.92 Å². The van der Waals surface area contributed by atoms with E-state index in [-0.39, 0.29) is 12.5 Å². The predicted octanol–water partition coefficient (Wildman–Crippen LogP) is 1.87. The lowest BCUT2D eigenvalue weighted by Gasteiger charge is -2.23. The zero-order valence-corrected chi connectivity index (χ0v) is 12.7. The van der Waals surface area contributed by atoms with Crippen molar-refractivity contribution in [2.75, 3.05) is 20.1 Å². The molecule has 5 nitrogen and oxygen atoms in total. The zero-order chi connectivity index (χ0) is 15.0. The van der Waals surface area contributed by atoms with Gasteiger partial charge in [0.05, 0.1) is 12.5 Å². The Balaban J connectivity index is 2.28. The molecule has 0 aromatic heterocycles. The predicted molar refractivity (Wildman–Crippen MR) is 78.5 cm³/mol. The van der Waals surface area contributed by atoms with Gasteiger partial charge in [-0.25, -0.2) is 0 Å². The van der Waals surface area contributed by atoms with E-state index in [1.54, 1.807) is 18.9 Å². The Kier molecular flexibility index (Phi) is 7.59. The minimum Gasteiger partial charge on any atom is -0.481 e. The summed E-state index contributed by atoms with van der Waals surface area (Å²) in [5, 5.41) is 11.9. The highest BCUT2D eigenvalue weighted by molar-refractivity contribution is 5.78. The highest BCUT2D eigenvalue weighted by atomic mass is 16.4. The van der Waals surface area contributed by atoms with E-state index in [0.29, 0.717) is 12.6 Å². The fraction of sp³-hybridized carbons (Fsp3) is 0.867. The first kappa shape index (κ1) is 17.0. The van der Waals surface area contributed by atoms with Gasteiger partial charge in [-0.1, -0.05) is 39.0 Å². The molecular weight excluding hydrogens is 256 g/mol. The minimum atomic E-state index is -0.822. The van der Waals surface area contributed by atoms with Gasteiger partial charge >= 0.3 is 5.97 Å². The van der Waals surface area contributed by atoms with Crippen molar-refractivity contribution in [2.45, 2.75) is 57.9 Å². The van der Waals surface area contributed by atoms with Crippen LogP contribution < -0.4 is 5.32 Å². The molecule has 0 heterocycles. The maximum atomic E-state index is 12.0. The highest BCUT2D eigenvalue weighted by Crippen LogP contribution is 2.17. The SMILES string of the molecule is CC(CN(C)CC(=O)NC1CCCCCCC1)C(=O)O. The lowest BCUT2D eigenvalue weighted by molar-refractivity contribution is -0.142. The van der Waals surface area contributed by atoms with Gasteiger partial charge in [0.15, 0.2) is 0 Å². The number of carbonyl (C=O) groups is 2. The molecule has 0 aromatic carbocycles. The molecule has 1 rings (SSSR count). The summed E-state index contributed by atoms with van der Waals surface area (Å²) in [4.78, 5) is 24.5. The summed E-state index contributed by atoms with van der Waals surface area (Å²) in [6.07, 6.45) is 8.37. The Morgan fingerprint density at radius 3 is 2.30 bits per heavy atom. The molecule has 0 spiro atoms. The lowest BCUT2D eigenvalue weighted by Crippen LogP contribution is -2.42. The van der Waals surface area contributed by atoms with E-state index in [9.17, 15) is 9.59 Å². The second-order valence-corrected chi connectivity index (χ2v) is 6.05. The maximum absolute atomic E-state index is 12.0. The van der Waals surface area contributed by atoms with E-state index in [1.165, 1.54) is 32.1 Å². The standard InChI is InChI=1S/C15H28N2O3/c1-12(15(19)20)10-17(2)11-14(18)16-13-8-6-4-3-5-7-9-13/h12-13H,3-11H2,1-2H3,(H,16,18)(H,19,20). The first-order valence-electron chi connectivity index (χ1n) is 7.69. The monoisotopic (exact) mass is 284 g/mol. The van der Waals surface area contributed by atoms with E-state index in [1.807, 2.05) is 0 Å². The first-order chi connectivity index (χ1) is 9.49. The Morgan fingerprint density at radius 1 is 1.20 bits per heavy atom. The number of hydrogen-bond donors (Lipinski definition) is 2. The second kappa shape index (κ2) is 8.95. The number of carboxylic acids is 1. The summed E-state index contributed by atoms with van der Waals surface area (Å²) < 4.78 is 0. The van der Waals surface area contributed by atoms with Crippen LogP contribution in [0.1, 0.15) is 51.9 Å². The van der Waals surface area contributed by atoms with Crippen molar-refractivity contribution in [3.63, 3.8) is 0 Å². The van der Waals surface area contributed by atoms with Gasteiger partial charge in [0.1, 0.15) is 0 Å². The molecule has 0 radical (unpaired) electrons. The first-order valence-corrected chi connectivity index (χ1v) is 7.69. The van der Waals surface area contributed by atoms with E-state index < -0.39 is 11.9 Å². The number of carboxylic acid groups (broad SMARTS) is 1. The molecule has 116 valence electrons. The van der Waals surface area contributed by atoms with Crippen LogP contribution in [0.2, 0.25) is 0 Å². The molecular formula is C15H28N2O3. The third-order valence-electron chi connectivity index (χ3n) is 3.89. The molecule has 1 atom stereocenters. The molecule has 0 aliphatic heterocycles. The molecule has 1 amide bonds. The van der Waals surface area contributed by atoms with Gasteiger partial charge in [0, 0.05) is 12.6 Å². The molecule has 0 bridgehead atoms. The molecule has 5 heteroatoms. The molecule has 0 aromatic rings. The summed E-state index contributed by atoms with van der Waals surface area (Å²) in [5.41, 5.74) is 0. The Hall–Kier alpha value is -1.10. The Morgan fingerprint density at radius 2 is 1.75 bits per heavy atom. The Bertz CT molecular complexity index is 312. The normalized spacial score (nSPS) is 19.1. The molecule has 1 saturated carbocycles. The topological polar surface area (TPSA) is 69.6 Å². The molecule has 2 N–H and O–H groups in total. The minimum absolute atomic E-state index is 0.00987. The van der Waals surface area contributed by atoms with Crippen LogP contribution in [0.3, 0.4) is 0 Å². The lowest BCUT2D eigenvalue weighted by atomic mass is 9.97. The molecule has 1 fully saturated rings. The van der Waals surface area contributed by atoms with Crippen molar-refractivity contribution in [3.05, 3.63) is 0 Å². The smallest absolute Gasteiger partial charge is 0.307 e. The third-order valence-corrected chi connectivity index (χ3v) is 3.89. The van der Waals surface area contributed by atoms with Crippen LogP contribution in [-0.4, -0.2) is 48.1 Å². The average molecular weight is 284 g/mol. The fourth-order valence-electron chi connectivity index (χ4n) is 2.73. The van der Waals surface area contributed by atoms with Crippen molar-refractivity contribution in [1.82, 2.24) is 10.2 Å². The second-order valence-electron chi connectivity index (χ2n) is 6.05. The van der Waals surface area contributed by atoms with Gasteiger partial charge < -0.3 is 10.4 Å². The van der Waals surface area contributed by atoms with Gasteiger partial charge in [-0.05, 0) is 19.9 Å². The number of likely N-dealkylation sites (N-methyl/N-ethyl adjacent to an activating group) is 1. The number of amides is 1. The van der Waals surface area contributed by atoms with Crippen molar-refractivity contribution < 1.29 is 14.7 Å². The summed E-state index contributed by atoms with van der Waals surface area (Å²) in [5.74, 6) is -1.26. The van der Waals surface area contributed by atoms with E-state index in [0.717, 1.165) is 12.8 Å². The number of carbonyl (C=O) groups excluding carboxylic acids is 1. The summed E-state index contributed by atoms with van der Waals surface area (Å²) in [7, 11) is 1.79. The van der Waals surface area contributed by atoms with Crippen LogP contribution in [-0.2, 0) is 9.59 Å². The number of nitrogens with zero attached hydrogens (tertiary/aromatic N) is 1. The van der Waals surface area contributed by atoms with E-state index >= 15 is 0 Å². The van der Waals surface area contributed by atoms with E-state index in [4.69, 9.17) is 5.11 Å². The summed E-state index contributed by atoms with van der Waals surface area (Å²) in [6.45, 7) is 2.33. The van der Waals surface area contributed by atoms with Gasteiger partial charge in [-0.15, -0.1) is 0 Å². The number of hydrogen-bond acceptors (Lipinski definition) is 3. The van der Waals surface area contributed by atoms with Crippen LogP contribution in [0.5, 0.6) is 0 Å². The molecule has 1 unspecified atom stereocenters. The van der Waals surface area contributed by atoms with Crippen LogP contribution >= 0.6 is 0 Å². The molecule has 1 aliphatic rings. The Labute approximate surface area is 121 Å². The summed E-state index contributed by atoms with van der Waals surface area (Å²) in [6, 6.07) is 0.299. The van der Waals surface area contributed by atoms with Gasteiger partial charge in [-0.2, -0.15) is 0 Å². The molecule has 20 heavy (non-hydrogen) atoms. The van der Waals surface area contributed by atoms with Gasteiger partial charge in [-0.3, -0.25) is 14.5 Å². The zero-order valence-electron chi connectivity index (χ0n) is 12.7. The number of nitrogens with one attached hydrogen (secondary N) is 1. The quantitative estimate of drug-likeness (QED) is 0.781. The van der Waals surface area contributed by atoms with Crippen LogP contribution in [0.25, 0.3) is 0 Å². The fourth-order valence-corrected chi connectivity index (χ4v) is 2.73. The number of rotatable bonds is 6. The van der Waals surface area contributed by atoms with Crippen molar-refractivity contribution >= 4 is 11.9 Å². The third kappa shape index (κ3) is 6.89. The van der Waals surface area contributed by atoms with Crippen LogP contribution in [0, 0.1) is 5.92 Å². The van der Waals surface area contributed by atoms with Crippen LogP contribution in [0.4, 0.5) is 0 Å². The number of aliphatic carboxylic acids is 1. The molecule has 0 saturated heterocycles. The van der Waals surface area contributed by atoms with Crippen molar-refractivity contribution in [3.8, 4) is 0 Å². The largest absolute Gasteiger partial charge is 0.481 e. The maximum Gasteiger partial charge on any atom is 0.307 e. The van der Waals surface area contributed by atoms with Gasteiger partial charge in [0.25, 0.3) is 0 Å². The summed E-state index contributed by atoms with van der Waals surface area (Å²) >= 11 is 0. The average Bonchev–Trinajstić information content (AvgIpc) is 2.31. The van der Waals surface area contributed by atoms with E-state index in [2.05, 4.69) is 5.32 Å². The molecule has 1 aliphatic carbocycles. The van der Waals surface area contributed by atoms with Gasteiger partial charge in [0.2, 0.25) is 5.91 Å².